The Kier molecular flexibility index (Phi) is 4.74. The molecule has 1 aromatic heterocycles. The molecule has 0 bridgehead atoms. The topological polar surface area (TPSA) is 51.4 Å². The Bertz CT molecular complexity index is 534. The van der Waals surface area contributed by atoms with Gasteiger partial charge in [-0.15, -0.1) is 10.2 Å². The minimum atomic E-state index is 0.267. The van der Waals surface area contributed by atoms with Gasteiger partial charge in [-0.25, -0.2) is 0 Å². The van der Waals surface area contributed by atoms with Gasteiger partial charge in [-0.1, -0.05) is 26.0 Å². The first kappa shape index (κ1) is 14.5. The Balaban J connectivity index is 1.92. The van der Waals surface area contributed by atoms with Crippen molar-refractivity contribution in [1.29, 1.82) is 0 Å². The van der Waals surface area contributed by atoms with Crippen LogP contribution in [0.2, 0.25) is 0 Å². The predicted molar refractivity (Wildman–Crippen MR) is 76.6 cm³/mol. The molecule has 0 aliphatic carbocycles. The van der Waals surface area contributed by atoms with Gasteiger partial charge in [0.1, 0.15) is 5.75 Å². The summed E-state index contributed by atoms with van der Waals surface area (Å²) in [5.41, 5.74) is 1.22. The van der Waals surface area contributed by atoms with Gasteiger partial charge >= 0.3 is 0 Å². The number of hydrogen-bond acceptors (Lipinski definition) is 5. The molecule has 0 fully saturated rings. The average molecular weight is 275 g/mol. The number of benzene rings is 1. The Morgan fingerprint density at radius 3 is 2.40 bits per heavy atom. The Morgan fingerprint density at radius 2 is 1.85 bits per heavy atom. The van der Waals surface area contributed by atoms with Gasteiger partial charge in [-0.3, -0.25) is 4.90 Å². The van der Waals surface area contributed by atoms with E-state index in [0.29, 0.717) is 18.3 Å². The molecule has 0 aliphatic rings. The second-order valence-electron chi connectivity index (χ2n) is 5.21. The molecule has 0 N–H and O–H groups in total. The highest BCUT2D eigenvalue weighted by molar-refractivity contribution is 5.27. The van der Waals surface area contributed by atoms with Crippen LogP contribution in [0.25, 0.3) is 0 Å². The molecule has 0 saturated carbocycles. The van der Waals surface area contributed by atoms with E-state index in [2.05, 4.69) is 27.2 Å². The van der Waals surface area contributed by atoms with Crippen LogP contribution in [-0.2, 0) is 13.1 Å². The molecule has 0 amide bonds. The third-order valence-corrected chi connectivity index (χ3v) is 2.99. The first-order valence-corrected chi connectivity index (χ1v) is 6.72. The molecule has 0 aliphatic heterocycles. The fraction of sp³-hybridized carbons (Fsp3) is 0.467. The van der Waals surface area contributed by atoms with E-state index in [0.717, 1.165) is 12.3 Å². The zero-order valence-electron chi connectivity index (χ0n) is 12.5. The molecule has 0 radical (unpaired) electrons. The molecule has 0 spiro atoms. The molecule has 0 unspecified atom stereocenters. The van der Waals surface area contributed by atoms with Gasteiger partial charge in [-0.2, -0.15) is 0 Å². The maximum absolute atomic E-state index is 5.61. The van der Waals surface area contributed by atoms with Crippen molar-refractivity contribution in [2.75, 3.05) is 14.2 Å². The summed E-state index contributed by atoms with van der Waals surface area (Å²) in [4.78, 5) is 2.14. The van der Waals surface area contributed by atoms with Gasteiger partial charge < -0.3 is 9.15 Å². The van der Waals surface area contributed by atoms with Crippen LogP contribution in [0.3, 0.4) is 0 Å². The van der Waals surface area contributed by atoms with Gasteiger partial charge in [0.05, 0.1) is 13.7 Å². The van der Waals surface area contributed by atoms with Crippen molar-refractivity contribution in [2.24, 2.45) is 0 Å². The summed E-state index contributed by atoms with van der Waals surface area (Å²) in [6, 6.07) is 8.05. The summed E-state index contributed by atoms with van der Waals surface area (Å²) in [5.74, 6) is 2.49. The van der Waals surface area contributed by atoms with Crippen LogP contribution in [0.4, 0.5) is 0 Å². The lowest BCUT2D eigenvalue weighted by molar-refractivity contribution is 0.275. The summed E-state index contributed by atoms with van der Waals surface area (Å²) < 4.78 is 10.8. The zero-order valence-corrected chi connectivity index (χ0v) is 12.5. The third kappa shape index (κ3) is 3.81. The van der Waals surface area contributed by atoms with Crippen molar-refractivity contribution in [2.45, 2.75) is 32.9 Å². The molecule has 0 saturated heterocycles. The maximum Gasteiger partial charge on any atom is 0.230 e. The summed E-state index contributed by atoms with van der Waals surface area (Å²) in [5, 5.41) is 8.11. The number of methoxy groups -OCH3 is 1. The highest BCUT2D eigenvalue weighted by atomic mass is 16.5. The second-order valence-corrected chi connectivity index (χ2v) is 5.21. The quantitative estimate of drug-likeness (QED) is 0.811. The predicted octanol–water partition coefficient (Wildman–Crippen LogP) is 2.83. The van der Waals surface area contributed by atoms with Crippen LogP contribution in [-0.4, -0.2) is 29.3 Å². The van der Waals surface area contributed by atoms with Crippen molar-refractivity contribution < 1.29 is 9.15 Å². The fourth-order valence-corrected chi connectivity index (χ4v) is 1.89. The van der Waals surface area contributed by atoms with Gasteiger partial charge in [0, 0.05) is 12.5 Å². The summed E-state index contributed by atoms with van der Waals surface area (Å²) in [6.07, 6.45) is 0. The van der Waals surface area contributed by atoms with Gasteiger partial charge in [0.15, 0.2) is 0 Å². The number of ether oxygens (including phenoxy) is 1. The smallest absolute Gasteiger partial charge is 0.230 e. The highest BCUT2D eigenvalue weighted by Gasteiger charge is 2.11. The lowest BCUT2D eigenvalue weighted by Gasteiger charge is -2.14. The van der Waals surface area contributed by atoms with Crippen molar-refractivity contribution in [1.82, 2.24) is 15.1 Å². The molecule has 20 heavy (non-hydrogen) atoms. The number of aromatic nitrogens is 2. The van der Waals surface area contributed by atoms with E-state index in [4.69, 9.17) is 9.15 Å². The summed E-state index contributed by atoms with van der Waals surface area (Å²) >= 11 is 0. The molecule has 5 nitrogen and oxygen atoms in total. The monoisotopic (exact) mass is 275 g/mol. The van der Waals surface area contributed by atoms with Crippen LogP contribution < -0.4 is 4.74 Å². The van der Waals surface area contributed by atoms with Crippen molar-refractivity contribution in [3.05, 3.63) is 41.6 Å². The van der Waals surface area contributed by atoms with Crippen molar-refractivity contribution in [3.63, 3.8) is 0 Å². The molecular formula is C15H21N3O2. The van der Waals surface area contributed by atoms with E-state index in [1.807, 2.05) is 33.0 Å². The molecule has 108 valence electrons. The second kappa shape index (κ2) is 6.52. The molecular weight excluding hydrogens is 254 g/mol. The van der Waals surface area contributed by atoms with Crippen LogP contribution in [0, 0.1) is 0 Å². The molecule has 1 aromatic carbocycles. The first-order chi connectivity index (χ1) is 9.58. The normalized spacial score (nSPS) is 11.3. The van der Waals surface area contributed by atoms with Crippen LogP contribution in [0.1, 0.15) is 37.1 Å². The van der Waals surface area contributed by atoms with E-state index in [9.17, 15) is 0 Å². The molecule has 2 aromatic rings. The number of hydrogen-bond donors (Lipinski definition) is 0. The van der Waals surface area contributed by atoms with E-state index in [1.54, 1.807) is 7.11 Å². The highest BCUT2D eigenvalue weighted by Crippen LogP contribution is 2.15. The summed E-state index contributed by atoms with van der Waals surface area (Å²) in [6.45, 7) is 5.55. The van der Waals surface area contributed by atoms with E-state index >= 15 is 0 Å². The van der Waals surface area contributed by atoms with Crippen LogP contribution in [0.15, 0.2) is 28.7 Å². The Hall–Kier alpha value is -1.88. The van der Waals surface area contributed by atoms with E-state index in [-0.39, 0.29) is 5.92 Å². The SMILES string of the molecule is COc1ccc(CN(C)Cc2nnc(C(C)C)o2)cc1. The van der Waals surface area contributed by atoms with Gasteiger partial charge in [0.2, 0.25) is 11.8 Å². The Labute approximate surface area is 119 Å². The molecule has 1 heterocycles. The maximum atomic E-state index is 5.61. The number of rotatable bonds is 6. The molecule has 0 atom stereocenters. The van der Waals surface area contributed by atoms with Gasteiger partial charge in [-0.05, 0) is 24.7 Å². The number of nitrogens with zero attached hydrogens (tertiary/aromatic N) is 3. The molecule has 5 heteroatoms. The standard InChI is InChI=1S/C15H21N3O2/c1-11(2)15-17-16-14(20-15)10-18(3)9-12-5-7-13(19-4)8-6-12/h5-8,11H,9-10H2,1-4H3. The average Bonchev–Trinajstić information content (AvgIpc) is 2.88. The molecule has 2 rings (SSSR count). The van der Waals surface area contributed by atoms with Crippen LogP contribution in [0.5, 0.6) is 5.75 Å². The minimum Gasteiger partial charge on any atom is -0.497 e. The largest absolute Gasteiger partial charge is 0.497 e. The third-order valence-electron chi connectivity index (χ3n) is 2.99. The lowest BCUT2D eigenvalue weighted by atomic mass is 10.2. The fourth-order valence-electron chi connectivity index (χ4n) is 1.89. The lowest BCUT2D eigenvalue weighted by Crippen LogP contribution is -2.17. The van der Waals surface area contributed by atoms with E-state index in [1.165, 1.54) is 5.56 Å². The van der Waals surface area contributed by atoms with Crippen molar-refractivity contribution >= 4 is 0 Å². The minimum absolute atomic E-state index is 0.267. The first-order valence-electron chi connectivity index (χ1n) is 6.72. The van der Waals surface area contributed by atoms with Crippen molar-refractivity contribution in [3.8, 4) is 5.75 Å². The zero-order chi connectivity index (χ0) is 14.5. The Morgan fingerprint density at radius 1 is 1.15 bits per heavy atom. The summed E-state index contributed by atoms with van der Waals surface area (Å²) in [7, 11) is 3.70. The van der Waals surface area contributed by atoms with Crippen LogP contribution >= 0.6 is 0 Å². The van der Waals surface area contributed by atoms with E-state index < -0.39 is 0 Å². The van der Waals surface area contributed by atoms with Gasteiger partial charge in [0.25, 0.3) is 0 Å².